The van der Waals surface area contributed by atoms with E-state index in [1.807, 2.05) is 38.1 Å². The van der Waals surface area contributed by atoms with E-state index in [-0.39, 0.29) is 0 Å². The lowest BCUT2D eigenvalue weighted by molar-refractivity contribution is -0.260. The van der Waals surface area contributed by atoms with Gasteiger partial charge in [-0.25, -0.2) is 9.59 Å². The van der Waals surface area contributed by atoms with Gasteiger partial charge in [-0.2, -0.15) is 0 Å². The van der Waals surface area contributed by atoms with E-state index in [9.17, 15) is 14.8 Å². The van der Waals surface area contributed by atoms with Gasteiger partial charge in [0.25, 0.3) is 0 Å². The average Bonchev–Trinajstić information content (AvgIpc) is 3.46. The predicted octanol–water partition coefficient (Wildman–Crippen LogP) is 12.2. The number of benzene rings is 4. The number of ether oxygens (including phenoxy) is 4. The van der Waals surface area contributed by atoms with Crippen LogP contribution in [0, 0.1) is 0 Å². The summed E-state index contributed by atoms with van der Waals surface area (Å²) in [7, 11) is 0. The Kier molecular flexibility index (Phi) is 16.0. The van der Waals surface area contributed by atoms with Crippen molar-refractivity contribution in [1.82, 2.24) is 5.06 Å². The van der Waals surface area contributed by atoms with Crippen LogP contribution in [0.4, 0.5) is 0 Å². The number of hydrogen-bond acceptors (Lipinski definition) is 7. The summed E-state index contributed by atoms with van der Waals surface area (Å²) in [5.74, 6) is 1.37. The van der Waals surface area contributed by atoms with Gasteiger partial charge in [-0.05, 0) is 123 Å². The van der Waals surface area contributed by atoms with Crippen molar-refractivity contribution >= 4 is 11.9 Å². The first kappa shape index (κ1) is 42.5. The summed E-state index contributed by atoms with van der Waals surface area (Å²) >= 11 is 0. The maximum Gasteiger partial charge on any atom is 0.343 e. The van der Waals surface area contributed by atoms with E-state index in [0.717, 1.165) is 48.3 Å². The molecule has 1 heterocycles. The van der Waals surface area contributed by atoms with E-state index in [0.29, 0.717) is 48.7 Å². The lowest BCUT2D eigenvalue weighted by Crippen LogP contribution is -2.44. The molecule has 299 valence electrons. The summed E-state index contributed by atoms with van der Waals surface area (Å²) < 4.78 is 23.0. The van der Waals surface area contributed by atoms with Gasteiger partial charge in [0.2, 0.25) is 0 Å². The van der Waals surface area contributed by atoms with Gasteiger partial charge in [-0.3, -0.25) is 0 Å². The summed E-state index contributed by atoms with van der Waals surface area (Å²) in [6.07, 6.45) is 15.7. The molecule has 0 unspecified atom stereocenters. The molecule has 1 aliphatic rings. The molecule has 0 bridgehead atoms. The van der Waals surface area contributed by atoms with E-state index in [4.69, 9.17) is 18.9 Å². The molecule has 1 radical (unpaired) electrons. The minimum atomic E-state index is -0.793. The Bertz CT molecular complexity index is 1660. The van der Waals surface area contributed by atoms with Crippen molar-refractivity contribution in [2.45, 2.75) is 129 Å². The number of hydroxylamine groups is 2. The fourth-order valence-corrected chi connectivity index (χ4v) is 7.37. The zero-order valence-electron chi connectivity index (χ0n) is 33.9. The van der Waals surface area contributed by atoms with Gasteiger partial charge in [-0.1, -0.05) is 102 Å². The molecule has 1 aliphatic heterocycles. The maximum absolute atomic E-state index is 14.1. The Labute approximate surface area is 334 Å². The third-order valence-corrected chi connectivity index (χ3v) is 11.1. The Morgan fingerprint density at radius 1 is 0.482 bits per heavy atom. The highest BCUT2D eigenvalue weighted by molar-refractivity contribution is 5.91. The van der Waals surface area contributed by atoms with Crippen molar-refractivity contribution < 1.29 is 33.7 Å². The Morgan fingerprint density at radius 3 is 1.16 bits per heavy atom. The quantitative estimate of drug-likeness (QED) is 0.0447. The summed E-state index contributed by atoms with van der Waals surface area (Å²) in [6, 6.07) is 28.4. The fourth-order valence-electron chi connectivity index (χ4n) is 7.37. The van der Waals surface area contributed by atoms with E-state index >= 15 is 0 Å². The molecular formula is C48H60NO7. The molecule has 0 saturated carbocycles. The van der Waals surface area contributed by atoms with Gasteiger partial charge in [0.1, 0.15) is 23.0 Å². The van der Waals surface area contributed by atoms with Gasteiger partial charge in [0, 0.05) is 0 Å². The monoisotopic (exact) mass is 762 g/mol. The fraction of sp³-hybridized carbons (Fsp3) is 0.458. The number of rotatable bonds is 22. The molecule has 2 atom stereocenters. The Hall–Kier alpha value is -4.66. The van der Waals surface area contributed by atoms with E-state index < -0.39 is 23.0 Å². The molecule has 0 aliphatic carbocycles. The first-order valence-corrected chi connectivity index (χ1v) is 20.7. The normalized spacial score (nSPS) is 18.1. The number of unbranched alkanes of at least 4 members (excludes halogenated alkanes) is 10. The largest absolute Gasteiger partial charge is 0.494 e. The molecule has 0 N–H and O–H groups in total. The highest BCUT2D eigenvalue weighted by atomic mass is 16.5. The van der Waals surface area contributed by atoms with E-state index in [1.54, 1.807) is 72.8 Å². The second-order valence-corrected chi connectivity index (χ2v) is 15.5. The zero-order valence-corrected chi connectivity index (χ0v) is 33.9. The van der Waals surface area contributed by atoms with Crippen molar-refractivity contribution in [1.29, 1.82) is 0 Å². The molecule has 4 aromatic rings. The number of hydrogen-bond donors (Lipinski definition) is 0. The molecule has 5 rings (SSSR count). The van der Waals surface area contributed by atoms with Crippen LogP contribution < -0.4 is 18.9 Å². The summed E-state index contributed by atoms with van der Waals surface area (Å²) in [5, 5.41) is 15.3. The second-order valence-electron chi connectivity index (χ2n) is 15.5. The van der Waals surface area contributed by atoms with Crippen LogP contribution in [0.5, 0.6) is 23.0 Å². The molecule has 1 saturated heterocycles. The number of esters is 2. The van der Waals surface area contributed by atoms with Crippen LogP contribution in [0.25, 0.3) is 0 Å². The van der Waals surface area contributed by atoms with Gasteiger partial charge in [-0.15, -0.1) is 10.3 Å². The van der Waals surface area contributed by atoms with Gasteiger partial charge < -0.3 is 18.9 Å². The zero-order chi connectivity index (χ0) is 39.8. The van der Waals surface area contributed by atoms with Gasteiger partial charge in [0.05, 0.1) is 35.4 Å². The SMILES string of the molecule is CCCCCCCCOc1ccc(C(=O)Oc2ccc([C@]3(C)CC[C@@](C)(c4ccc(OC(=O)c5ccc(OCCCCCCCC)cc5)cc4)N3[O])cc2)cc1. The van der Waals surface area contributed by atoms with Crippen molar-refractivity contribution in [2.75, 3.05) is 13.2 Å². The number of carbonyl (C=O) groups excluding carboxylic acids is 2. The first-order valence-electron chi connectivity index (χ1n) is 20.7. The molecule has 1 fully saturated rings. The van der Waals surface area contributed by atoms with E-state index in [1.165, 1.54) is 56.4 Å². The highest BCUT2D eigenvalue weighted by Crippen LogP contribution is 2.51. The van der Waals surface area contributed by atoms with Crippen LogP contribution in [0.15, 0.2) is 97.1 Å². The smallest absolute Gasteiger partial charge is 0.343 e. The Morgan fingerprint density at radius 2 is 0.804 bits per heavy atom. The second kappa shape index (κ2) is 21.0. The molecule has 4 aromatic carbocycles. The third-order valence-electron chi connectivity index (χ3n) is 11.1. The molecule has 8 nitrogen and oxygen atoms in total. The van der Waals surface area contributed by atoms with Crippen molar-refractivity contribution in [3.63, 3.8) is 0 Å². The van der Waals surface area contributed by atoms with Crippen LogP contribution in [0.3, 0.4) is 0 Å². The van der Waals surface area contributed by atoms with Crippen molar-refractivity contribution in [3.8, 4) is 23.0 Å². The van der Waals surface area contributed by atoms with E-state index in [2.05, 4.69) is 13.8 Å². The Balaban J connectivity index is 1.09. The number of carbonyl (C=O) groups is 2. The highest BCUT2D eigenvalue weighted by Gasteiger charge is 2.52. The van der Waals surface area contributed by atoms with Crippen LogP contribution in [-0.4, -0.2) is 30.2 Å². The van der Waals surface area contributed by atoms with Crippen LogP contribution in [0.1, 0.15) is 149 Å². The van der Waals surface area contributed by atoms with Crippen molar-refractivity contribution in [3.05, 3.63) is 119 Å². The standard InChI is InChI=1S/C48H60NO7/c1-5-7-9-11-13-15-35-53-41-25-17-37(18-26-41)45(50)55-43-29-21-39(22-30-43)47(3)33-34-48(4,49(47)52)40-23-31-44(32-24-40)56-46(51)38-19-27-42(28-20-38)54-36-16-14-12-10-8-6-2/h17-32H,5-16,33-36H2,1-4H3/t47-,48-/m0/s1. The summed E-state index contributed by atoms with van der Waals surface area (Å²) in [5.41, 5.74) is 0.962. The van der Waals surface area contributed by atoms with Crippen LogP contribution in [-0.2, 0) is 16.3 Å². The minimum Gasteiger partial charge on any atom is -0.494 e. The predicted molar refractivity (Wildman–Crippen MR) is 220 cm³/mol. The van der Waals surface area contributed by atoms with Crippen LogP contribution >= 0.6 is 0 Å². The van der Waals surface area contributed by atoms with Gasteiger partial charge >= 0.3 is 11.9 Å². The number of nitrogens with zero attached hydrogens (tertiary/aromatic N) is 1. The molecule has 8 heteroatoms. The maximum atomic E-state index is 14.1. The summed E-state index contributed by atoms with van der Waals surface area (Å²) in [4.78, 5) is 25.8. The first-order chi connectivity index (χ1) is 27.2. The lowest BCUT2D eigenvalue weighted by atomic mass is 9.89. The average molecular weight is 763 g/mol. The molecule has 0 aromatic heterocycles. The summed E-state index contributed by atoms with van der Waals surface area (Å²) in [6.45, 7) is 9.66. The van der Waals surface area contributed by atoms with Crippen LogP contribution in [0.2, 0.25) is 0 Å². The van der Waals surface area contributed by atoms with Gasteiger partial charge in [0.15, 0.2) is 0 Å². The molecule has 0 amide bonds. The molecule has 56 heavy (non-hydrogen) atoms. The topological polar surface area (TPSA) is 94.2 Å². The molecule has 0 spiro atoms. The third kappa shape index (κ3) is 11.5. The minimum absolute atomic E-state index is 0.405. The molecular weight excluding hydrogens is 703 g/mol. The van der Waals surface area contributed by atoms with Crippen molar-refractivity contribution in [2.24, 2.45) is 0 Å². The lowest BCUT2D eigenvalue weighted by Gasteiger charge is -2.37.